The van der Waals surface area contributed by atoms with Gasteiger partial charge in [0.25, 0.3) is 0 Å². The van der Waals surface area contributed by atoms with Crippen LogP contribution in [0.2, 0.25) is 0 Å². The van der Waals surface area contributed by atoms with Crippen molar-refractivity contribution in [3.63, 3.8) is 0 Å². The van der Waals surface area contributed by atoms with Gasteiger partial charge in [0.15, 0.2) is 5.54 Å². The van der Waals surface area contributed by atoms with E-state index in [1.807, 2.05) is 42.5 Å². The summed E-state index contributed by atoms with van der Waals surface area (Å²) in [5.74, 6) is -2.81. The maximum Gasteiger partial charge on any atom is 0.414 e. The summed E-state index contributed by atoms with van der Waals surface area (Å²) in [6.45, 7) is 1.18. The first-order valence-electron chi connectivity index (χ1n) is 9.88. The van der Waals surface area contributed by atoms with Gasteiger partial charge in [-0.2, -0.15) is 18.3 Å². The molecule has 32 heavy (non-hydrogen) atoms. The number of nitrogens with zero attached hydrogens (tertiary/aromatic N) is 3. The van der Waals surface area contributed by atoms with E-state index in [9.17, 15) is 23.1 Å². The van der Waals surface area contributed by atoms with Gasteiger partial charge in [0, 0.05) is 17.2 Å². The van der Waals surface area contributed by atoms with E-state index in [4.69, 9.17) is 4.74 Å². The highest BCUT2D eigenvalue weighted by Crippen LogP contribution is 2.47. The Morgan fingerprint density at radius 3 is 2.78 bits per heavy atom. The molecule has 1 aliphatic carbocycles. The van der Waals surface area contributed by atoms with Gasteiger partial charge in [-0.15, -0.1) is 11.3 Å². The molecule has 1 N–H and O–H groups in total. The fourth-order valence-electron chi connectivity index (χ4n) is 3.65. The molecular formula is C22H20F3N3O3S. The van der Waals surface area contributed by atoms with Crippen molar-refractivity contribution in [3.8, 4) is 0 Å². The molecule has 4 rings (SSSR count). The highest BCUT2D eigenvalue weighted by atomic mass is 32.1. The van der Waals surface area contributed by atoms with Crippen LogP contribution in [0.15, 0.2) is 58.7 Å². The average molecular weight is 463 g/mol. The molecule has 0 fully saturated rings. The highest BCUT2D eigenvalue weighted by molar-refractivity contribution is 7.13. The Morgan fingerprint density at radius 2 is 2.09 bits per heavy atom. The minimum atomic E-state index is -4.84. The molecule has 10 heteroatoms. The van der Waals surface area contributed by atoms with Crippen molar-refractivity contribution in [3.05, 3.63) is 64.9 Å². The van der Waals surface area contributed by atoms with Gasteiger partial charge >= 0.3 is 12.1 Å². The molecule has 2 aliphatic rings. The number of thiazole rings is 1. The van der Waals surface area contributed by atoms with E-state index in [-0.39, 0.29) is 5.13 Å². The maximum absolute atomic E-state index is 13.9. The summed E-state index contributed by atoms with van der Waals surface area (Å²) in [7, 11) is 0. The van der Waals surface area contributed by atoms with Crippen LogP contribution in [-0.2, 0) is 16.1 Å². The minimum absolute atomic E-state index is 0.0238. The monoisotopic (exact) mass is 463 g/mol. The molecule has 0 saturated heterocycles. The third kappa shape index (κ3) is 3.90. The molecule has 6 nitrogen and oxygen atoms in total. The lowest BCUT2D eigenvalue weighted by Crippen LogP contribution is -2.59. The zero-order chi connectivity index (χ0) is 22.9. The lowest BCUT2D eigenvalue weighted by atomic mass is 9.86. The number of allylic oxidation sites excluding steroid dienone is 3. The van der Waals surface area contributed by atoms with E-state index in [1.165, 1.54) is 0 Å². The molecule has 0 radical (unpaired) electrons. The summed E-state index contributed by atoms with van der Waals surface area (Å²) in [6.07, 6.45) is 1.17. The van der Waals surface area contributed by atoms with Crippen LogP contribution in [0.1, 0.15) is 31.0 Å². The number of hydrogen-bond donors (Lipinski definition) is 1. The predicted molar refractivity (Wildman–Crippen MR) is 115 cm³/mol. The van der Waals surface area contributed by atoms with Crippen LogP contribution < -0.4 is 5.01 Å². The van der Waals surface area contributed by atoms with Crippen LogP contribution >= 0.6 is 11.3 Å². The second kappa shape index (κ2) is 8.42. The van der Waals surface area contributed by atoms with Crippen molar-refractivity contribution in [1.29, 1.82) is 0 Å². The third-order valence-corrected chi connectivity index (χ3v) is 6.38. The number of ether oxygens (including phenoxy) is 1. The highest BCUT2D eigenvalue weighted by Gasteiger charge is 2.65. The van der Waals surface area contributed by atoms with E-state index in [0.717, 1.165) is 42.0 Å². The van der Waals surface area contributed by atoms with Crippen LogP contribution in [-0.4, -0.2) is 34.0 Å². The Morgan fingerprint density at radius 1 is 1.34 bits per heavy atom. The molecule has 2 unspecified atom stereocenters. The zero-order valence-electron chi connectivity index (χ0n) is 17.0. The van der Waals surface area contributed by atoms with Crippen molar-refractivity contribution in [1.82, 2.24) is 4.98 Å². The Balaban J connectivity index is 1.63. The average Bonchev–Trinajstić information content (AvgIpc) is 3.38. The van der Waals surface area contributed by atoms with Gasteiger partial charge in [0.05, 0.1) is 5.69 Å². The molecule has 1 aliphatic heterocycles. The SMILES string of the molecule is CC1(C(F)(F)F)C(C(=O)O)C=NN1c1nc(C2=C(OCc3ccccc3)C=CCC2)cs1. The first-order chi connectivity index (χ1) is 15.2. The number of alkyl halides is 3. The second-order valence-corrected chi connectivity index (χ2v) is 8.45. The molecule has 0 saturated carbocycles. The predicted octanol–water partition coefficient (Wildman–Crippen LogP) is 5.25. The molecule has 0 amide bonds. The molecular weight excluding hydrogens is 443 g/mol. The Labute approximate surface area is 186 Å². The molecule has 1 aromatic carbocycles. The fraction of sp³-hybridized carbons (Fsp3) is 0.318. The van der Waals surface area contributed by atoms with E-state index in [0.29, 0.717) is 29.5 Å². The number of aliphatic carboxylic acids is 1. The number of hydrazone groups is 1. The van der Waals surface area contributed by atoms with Gasteiger partial charge in [-0.1, -0.05) is 36.4 Å². The van der Waals surface area contributed by atoms with Crippen LogP contribution in [0.5, 0.6) is 0 Å². The van der Waals surface area contributed by atoms with Crippen LogP contribution in [0.25, 0.3) is 5.57 Å². The Bertz CT molecular complexity index is 1090. The Hall–Kier alpha value is -3.14. The number of anilines is 1. The topological polar surface area (TPSA) is 75.0 Å². The first-order valence-corrected chi connectivity index (χ1v) is 10.8. The number of aromatic nitrogens is 1. The molecule has 2 aromatic rings. The van der Waals surface area contributed by atoms with Gasteiger partial charge in [0.2, 0.25) is 5.13 Å². The molecule has 0 bridgehead atoms. The van der Waals surface area contributed by atoms with Gasteiger partial charge in [-0.05, 0) is 31.4 Å². The van der Waals surface area contributed by atoms with E-state index >= 15 is 0 Å². The minimum Gasteiger partial charge on any atom is -0.489 e. The molecule has 2 atom stereocenters. The smallest absolute Gasteiger partial charge is 0.414 e. The molecule has 168 valence electrons. The Kier molecular flexibility index (Phi) is 5.81. The summed E-state index contributed by atoms with van der Waals surface area (Å²) >= 11 is 0.983. The van der Waals surface area contributed by atoms with Crippen molar-refractivity contribution in [2.45, 2.75) is 38.1 Å². The van der Waals surface area contributed by atoms with Gasteiger partial charge < -0.3 is 9.84 Å². The van der Waals surface area contributed by atoms with Crippen molar-refractivity contribution in [2.24, 2.45) is 11.0 Å². The van der Waals surface area contributed by atoms with Crippen molar-refractivity contribution in [2.75, 3.05) is 5.01 Å². The third-order valence-electron chi connectivity index (χ3n) is 5.56. The molecule has 0 spiro atoms. The summed E-state index contributed by atoms with van der Waals surface area (Å²) in [6, 6.07) is 9.62. The number of rotatable bonds is 6. The summed E-state index contributed by atoms with van der Waals surface area (Å²) in [5, 5.41) is 15.4. The first kappa shape index (κ1) is 22.1. The zero-order valence-corrected chi connectivity index (χ0v) is 17.9. The summed E-state index contributed by atoms with van der Waals surface area (Å²) in [5.41, 5.74) is -0.459. The lowest BCUT2D eigenvalue weighted by Gasteiger charge is -2.36. The van der Waals surface area contributed by atoms with E-state index in [1.54, 1.807) is 5.38 Å². The summed E-state index contributed by atoms with van der Waals surface area (Å²) < 4.78 is 47.8. The maximum atomic E-state index is 13.9. The molecule has 1 aromatic heterocycles. The van der Waals surface area contributed by atoms with Crippen LogP contribution in [0, 0.1) is 5.92 Å². The standard InChI is InChI=1S/C22H20F3N3O3S/c1-21(22(23,24)25)16(19(29)30)11-26-28(21)20-27-17(13-32-20)15-9-5-6-10-18(15)31-12-14-7-3-2-4-8-14/h2-4,6-8,10-11,13,16H,5,9,12H2,1H3,(H,29,30). The number of carboxylic acids is 1. The van der Waals surface area contributed by atoms with Crippen LogP contribution in [0.3, 0.4) is 0 Å². The van der Waals surface area contributed by atoms with Crippen LogP contribution in [0.4, 0.5) is 18.3 Å². The number of benzene rings is 1. The number of carbonyl (C=O) groups is 1. The van der Waals surface area contributed by atoms with E-state index in [2.05, 4.69) is 10.1 Å². The van der Waals surface area contributed by atoms with Gasteiger partial charge in [-0.25, -0.2) is 9.99 Å². The fourth-order valence-corrected chi connectivity index (χ4v) is 4.55. The quantitative estimate of drug-likeness (QED) is 0.634. The largest absolute Gasteiger partial charge is 0.489 e. The van der Waals surface area contributed by atoms with E-state index < -0.39 is 23.6 Å². The van der Waals surface area contributed by atoms with Gasteiger partial charge in [-0.3, -0.25) is 4.79 Å². The van der Waals surface area contributed by atoms with Gasteiger partial charge in [0.1, 0.15) is 18.3 Å². The summed E-state index contributed by atoms with van der Waals surface area (Å²) in [4.78, 5) is 15.8. The second-order valence-electron chi connectivity index (χ2n) is 7.61. The number of hydrogen-bond acceptors (Lipinski definition) is 6. The normalized spacial score (nSPS) is 23.1. The number of halogens is 3. The lowest BCUT2D eigenvalue weighted by molar-refractivity contribution is -0.194. The van der Waals surface area contributed by atoms with Crippen molar-refractivity contribution < 1.29 is 27.8 Å². The van der Waals surface area contributed by atoms with Crippen molar-refractivity contribution >= 4 is 34.2 Å². The number of carboxylic acid groups (broad SMARTS) is 1. The molecule has 2 heterocycles.